The number of ether oxygens (including phenoxy) is 1. The predicted molar refractivity (Wildman–Crippen MR) is 87.5 cm³/mol. The van der Waals surface area contributed by atoms with E-state index in [1.165, 1.54) is 7.11 Å². The number of carbonyl (C=O) groups excluding carboxylic acids is 1. The lowest BCUT2D eigenvalue weighted by atomic mass is 10.1. The molecule has 8 heteroatoms. The van der Waals surface area contributed by atoms with Crippen molar-refractivity contribution in [1.82, 2.24) is 0 Å². The van der Waals surface area contributed by atoms with Gasteiger partial charge in [-0.05, 0) is 47.0 Å². The number of anilines is 1. The molecule has 1 aliphatic rings. The van der Waals surface area contributed by atoms with Crippen LogP contribution in [-0.2, 0) is 19.6 Å². The second kappa shape index (κ2) is 6.66. The third kappa shape index (κ3) is 3.78. The maximum Gasteiger partial charge on any atom is 0.310 e. The van der Waals surface area contributed by atoms with Crippen molar-refractivity contribution in [3.8, 4) is 0 Å². The van der Waals surface area contributed by atoms with Crippen molar-refractivity contribution in [1.29, 1.82) is 0 Å². The fraction of sp³-hybridized carbons (Fsp3) is 0.462. The third-order valence-corrected chi connectivity index (χ3v) is 6.55. The lowest BCUT2D eigenvalue weighted by Crippen LogP contribution is -2.35. The number of hydrogen-bond donors (Lipinski definition) is 1. The van der Waals surface area contributed by atoms with Gasteiger partial charge in [0, 0.05) is 8.95 Å². The van der Waals surface area contributed by atoms with Crippen LogP contribution in [-0.4, -0.2) is 26.7 Å². The van der Waals surface area contributed by atoms with Gasteiger partial charge in [-0.1, -0.05) is 22.4 Å². The van der Waals surface area contributed by atoms with Gasteiger partial charge >= 0.3 is 5.97 Å². The molecule has 0 amide bonds. The van der Waals surface area contributed by atoms with Crippen molar-refractivity contribution in [3.05, 3.63) is 27.1 Å². The molecule has 0 bridgehead atoms. The van der Waals surface area contributed by atoms with Crippen LogP contribution in [0.2, 0.25) is 0 Å². The van der Waals surface area contributed by atoms with E-state index in [1.54, 1.807) is 18.2 Å². The molecular weight excluding hydrogens is 426 g/mol. The summed E-state index contributed by atoms with van der Waals surface area (Å²) in [6, 6.07) is 5.16. The Morgan fingerprint density at radius 1 is 1.33 bits per heavy atom. The highest BCUT2D eigenvalue weighted by atomic mass is 79.9. The summed E-state index contributed by atoms with van der Waals surface area (Å²) in [5.41, 5.74) is 0.453. The predicted octanol–water partition coefficient (Wildman–Crippen LogP) is 3.30. The van der Waals surface area contributed by atoms with E-state index >= 15 is 0 Å². The summed E-state index contributed by atoms with van der Waals surface area (Å²) in [5.74, 6) is -1.06. The number of sulfonamides is 1. The van der Waals surface area contributed by atoms with Crippen LogP contribution in [0.4, 0.5) is 5.69 Å². The van der Waals surface area contributed by atoms with Crippen molar-refractivity contribution in [3.63, 3.8) is 0 Å². The highest BCUT2D eigenvalue weighted by Crippen LogP contribution is 2.34. The number of hydrogen-bond acceptors (Lipinski definition) is 4. The number of halogens is 2. The van der Waals surface area contributed by atoms with Gasteiger partial charge in [-0.2, -0.15) is 0 Å². The maximum atomic E-state index is 12.5. The van der Waals surface area contributed by atoms with Gasteiger partial charge in [-0.25, -0.2) is 8.42 Å². The molecule has 1 aromatic rings. The highest BCUT2D eigenvalue weighted by molar-refractivity contribution is 9.11. The molecule has 1 aromatic carbocycles. The summed E-state index contributed by atoms with van der Waals surface area (Å²) in [7, 11) is -2.37. The molecule has 5 nitrogen and oxygen atoms in total. The van der Waals surface area contributed by atoms with Crippen molar-refractivity contribution in [2.24, 2.45) is 5.92 Å². The Morgan fingerprint density at radius 3 is 2.67 bits per heavy atom. The quantitative estimate of drug-likeness (QED) is 0.729. The molecule has 0 aromatic heterocycles. The topological polar surface area (TPSA) is 72.5 Å². The lowest BCUT2D eigenvalue weighted by molar-refractivity contribution is -0.145. The largest absolute Gasteiger partial charge is 0.469 e. The molecular formula is C13H15Br2NO4S. The Kier molecular flexibility index (Phi) is 5.32. The monoisotopic (exact) mass is 439 g/mol. The highest BCUT2D eigenvalue weighted by Gasteiger charge is 2.42. The van der Waals surface area contributed by atoms with Crippen LogP contribution in [0.25, 0.3) is 0 Å². The lowest BCUT2D eigenvalue weighted by Gasteiger charge is -2.19. The smallest absolute Gasteiger partial charge is 0.310 e. The van der Waals surface area contributed by atoms with Gasteiger partial charge in [0.05, 0.1) is 24.0 Å². The van der Waals surface area contributed by atoms with E-state index < -0.39 is 27.2 Å². The molecule has 21 heavy (non-hydrogen) atoms. The van der Waals surface area contributed by atoms with Crippen LogP contribution in [0, 0.1) is 5.92 Å². The van der Waals surface area contributed by atoms with Gasteiger partial charge in [0.15, 0.2) is 0 Å². The van der Waals surface area contributed by atoms with Crippen molar-refractivity contribution >= 4 is 53.5 Å². The van der Waals surface area contributed by atoms with Gasteiger partial charge in [0.25, 0.3) is 0 Å². The van der Waals surface area contributed by atoms with E-state index in [0.29, 0.717) is 29.4 Å². The average Bonchev–Trinajstić information content (AvgIpc) is 2.91. The first-order chi connectivity index (χ1) is 9.85. The number of nitrogens with one attached hydrogen (secondary N) is 1. The normalized spacial score (nSPS) is 22.0. The second-order valence-corrected chi connectivity index (χ2v) is 8.54. The standard InChI is InChI=1S/C13H15Br2NO4S/c1-20-13(17)9-3-2-4-12(9)21(18,19)16-11-6-5-8(14)7-10(11)15/h5-7,9,12,16H,2-4H2,1H3. The fourth-order valence-electron chi connectivity index (χ4n) is 2.52. The minimum Gasteiger partial charge on any atom is -0.469 e. The molecule has 1 aliphatic carbocycles. The molecule has 0 radical (unpaired) electrons. The molecule has 1 fully saturated rings. The first-order valence-corrected chi connectivity index (χ1v) is 9.53. The van der Waals surface area contributed by atoms with Gasteiger partial charge in [-0.3, -0.25) is 9.52 Å². The van der Waals surface area contributed by atoms with Gasteiger partial charge < -0.3 is 4.74 Å². The van der Waals surface area contributed by atoms with Gasteiger partial charge in [0.1, 0.15) is 0 Å². The minimum atomic E-state index is -3.65. The summed E-state index contributed by atoms with van der Waals surface area (Å²) < 4.78 is 33.8. The molecule has 0 spiro atoms. The minimum absolute atomic E-state index is 0.453. The molecule has 0 heterocycles. The molecule has 1 N–H and O–H groups in total. The molecule has 2 rings (SSSR count). The fourth-order valence-corrected chi connectivity index (χ4v) is 5.59. The van der Waals surface area contributed by atoms with Crippen LogP contribution in [0.3, 0.4) is 0 Å². The number of benzene rings is 1. The second-order valence-electron chi connectivity index (χ2n) is 4.87. The van der Waals surface area contributed by atoms with E-state index in [4.69, 9.17) is 4.74 Å². The zero-order valence-electron chi connectivity index (χ0n) is 11.3. The third-order valence-electron chi connectivity index (χ3n) is 3.54. The molecule has 2 unspecified atom stereocenters. The van der Waals surface area contributed by atoms with E-state index in [9.17, 15) is 13.2 Å². The Labute approximate surface area is 140 Å². The number of methoxy groups -OCH3 is 1. The summed E-state index contributed by atoms with van der Waals surface area (Å²) in [5, 5.41) is -0.750. The molecule has 116 valence electrons. The van der Waals surface area contributed by atoms with Crippen LogP contribution in [0.15, 0.2) is 27.1 Å². The first-order valence-electron chi connectivity index (χ1n) is 6.39. The van der Waals surface area contributed by atoms with E-state index in [1.807, 2.05) is 0 Å². The summed E-state index contributed by atoms with van der Waals surface area (Å²) in [6.07, 6.45) is 1.70. The Balaban J connectivity index is 2.23. The van der Waals surface area contributed by atoms with E-state index in [2.05, 4.69) is 36.6 Å². The van der Waals surface area contributed by atoms with Crippen molar-refractivity contribution < 1.29 is 17.9 Å². The maximum absolute atomic E-state index is 12.5. The first kappa shape index (κ1) is 16.8. The van der Waals surface area contributed by atoms with Crippen LogP contribution in [0.1, 0.15) is 19.3 Å². The van der Waals surface area contributed by atoms with Gasteiger partial charge in [-0.15, -0.1) is 0 Å². The Bertz CT molecular complexity index is 648. The molecule has 0 aliphatic heterocycles. The van der Waals surface area contributed by atoms with Crippen LogP contribution in [0.5, 0.6) is 0 Å². The summed E-state index contributed by atoms with van der Waals surface area (Å²) in [4.78, 5) is 11.7. The summed E-state index contributed by atoms with van der Waals surface area (Å²) >= 11 is 6.63. The Hall–Kier alpha value is -0.600. The SMILES string of the molecule is COC(=O)C1CCCC1S(=O)(=O)Nc1ccc(Br)cc1Br. The number of esters is 1. The number of rotatable bonds is 4. The number of carbonyl (C=O) groups is 1. The van der Waals surface area contributed by atoms with Crippen LogP contribution >= 0.6 is 31.9 Å². The zero-order valence-corrected chi connectivity index (χ0v) is 15.3. The Morgan fingerprint density at radius 2 is 2.05 bits per heavy atom. The van der Waals surface area contributed by atoms with Crippen LogP contribution < -0.4 is 4.72 Å². The van der Waals surface area contributed by atoms with Crippen molar-refractivity contribution in [2.45, 2.75) is 24.5 Å². The average molecular weight is 441 g/mol. The van der Waals surface area contributed by atoms with Crippen molar-refractivity contribution in [2.75, 3.05) is 11.8 Å². The molecule has 1 saturated carbocycles. The molecule has 0 saturated heterocycles. The zero-order chi connectivity index (χ0) is 15.6. The molecule has 2 atom stereocenters. The van der Waals surface area contributed by atoms with E-state index in [0.717, 1.165) is 4.47 Å². The van der Waals surface area contributed by atoms with Gasteiger partial charge in [0.2, 0.25) is 10.0 Å². The van der Waals surface area contributed by atoms with E-state index in [-0.39, 0.29) is 0 Å². The summed E-state index contributed by atoms with van der Waals surface area (Å²) in [6.45, 7) is 0.